The molecule has 0 fully saturated rings. The topological polar surface area (TPSA) is 68.3 Å². The van der Waals surface area contributed by atoms with Gasteiger partial charge in [0.25, 0.3) is 5.91 Å². The number of pyridine rings is 1. The molecule has 1 rings (SSSR count). The molecular weight excluding hydrogens is 220 g/mol. The quantitative estimate of drug-likeness (QED) is 0.613. The van der Waals surface area contributed by atoms with E-state index < -0.39 is 5.97 Å². The van der Waals surface area contributed by atoms with Crippen molar-refractivity contribution in [2.75, 3.05) is 13.2 Å². The maximum absolute atomic E-state index is 11.6. The molecule has 0 unspecified atom stereocenters. The van der Waals surface area contributed by atoms with Crippen molar-refractivity contribution in [3.63, 3.8) is 0 Å². The van der Waals surface area contributed by atoms with Gasteiger partial charge in [-0.1, -0.05) is 12.1 Å². The molecule has 17 heavy (non-hydrogen) atoms. The van der Waals surface area contributed by atoms with Crippen LogP contribution < -0.4 is 5.32 Å². The SMILES string of the molecule is C=CCNC(=O)c1cccc(C(=O)OCC)n1. The summed E-state index contributed by atoms with van der Waals surface area (Å²) in [4.78, 5) is 26.9. The maximum Gasteiger partial charge on any atom is 0.356 e. The third-order valence-electron chi connectivity index (χ3n) is 1.87. The highest BCUT2D eigenvalue weighted by atomic mass is 16.5. The number of aromatic nitrogens is 1. The standard InChI is InChI=1S/C12H14N2O3/c1-3-8-13-11(15)9-6-5-7-10(14-9)12(16)17-4-2/h3,5-7H,1,4,8H2,2H3,(H,13,15). The molecule has 0 saturated carbocycles. The van der Waals surface area contributed by atoms with Crippen LogP contribution in [-0.4, -0.2) is 30.0 Å². The Balaban J connectivity index is 2.81. The Morgan fingerprint density at radius 1 is 1.47 bits per heavy atom. The molecule has 0 atom stereocenters. The molecule has 0 aliphatic heterocycles. The van der Waals surface area contributed by atoms with Gasteiger partial charge in [0.05, 0.1) is 6.61 Å². The van der Waals surface area contributed by atoms with Gasteiger partial charge in [-0.05, 0) is 19.1 Å². The summed E-state index contributed by atoms with van der Waals surface area (Å²) in [5.41, 5.74) is 0.301. The van der Waals surface area contributed by atoms with Gasteiger partial charge in [-0.3, -0.25) is 4.79 Å². The van der Waals surface area contributed by atoms with E-state index in [1.807, 2.05) is 0 Å². The van der Waals surface area contributed by atoms with Gasteiger partial charge in [-0.25, -0.2) is 9.78 Å². The third kappa shape index (κ3) is 3.71. The zero-order chi connectivity index (χ0) is 12.7. The molecule has 1 amide bonds. The van der Waals surface area contributed by atoms with Gasteiger partial charge in [0.2, 0.25) is 0 Å². The van der Waals surface area contributed by atoms with E-state index in [1.54, 1.807) is 19.1 Å². The van der Waals surface area contributed by atoms with Crippen LogP contribution in [0.4, 0.5) is 0 Å². The van der Waals surface area contributed by atoms with Crippen LogP contribution in [0.3, 0.4) is 0 Å². The Labute approximate surface area is 99.5 Å². The van der Waals surface area contributed by atoms with Crippen molar-refractivity contribution in [3.05, 3.63) is 42.2 Å². The lowest BCUT2D eigenvalue weighted by Crippen LogP contribution is -2.25. The number of carbonyl (C=O) groups excluding carboxylic acids is 2. The molecule has 1 aromatic rings. The van der Waals surface area contributed by atoms with E-state index in [0.717, 1.165) is 0 Å². The first-order valence-corrected chi connectivity index (χ1v) is 5.22. The van der Waals surface area contributed by atoms with E-state index in [1.165, 1.54) is 12.1 Å². The molecule has 5 heteroatoms. The molecule has 0 bridgehead atoms. The number of nitrogens with one attached hydrogen (secondary N) is 1. The Morgan fingerprint density at radius 2 is 2.18 bits per heavy atom. The average Bonchev–Trinajstić information content (AvgIpc) is 2.36. The number of ether oxygens (including phenoxy) is 1. The summed E-state index contributed by atoms with van der Waals surface area (Å²) in [7, 11) is 0. The number of esters is 1. The van der Waals surface area contributed by atoms with E-state index >= 15 is 0 Å². The van der Waals surface area contributed by atoms with E-state index in [-0.39, 0.29) is 23.9 Å². The average molecular weight is 234 g/mol. The third-order valence-corrected chi connectivity index (χ3v) is 1.87. The van der Waals surface area contributed by atoms with Crippen molar-refractivity contribution in [2.24, 2.45) is 0 Å². The zero-order valence-electron chi connectivity index (χ0n) is 9.60. The van der Waals surface area contributed by atoms with Crippen molar-refractivity contribution in [1.82, 2.24) is 10.3 Å². The van der Waals surface area contributed by atoms with Gasteiger partial charge < -0.3 is 10.1 Å². The number of rotatable bonds is 5. The summed E-state index contributed by atoms with van der Waals surface area (Å²) >= 11 is 0. The molecule has 5 nitrogen and oxygen atoms in total. The van der Waals surface area contributed by atoms with Crippen molar-refractivity contribution < 1.29 is 14.3 Å². The van der Waals surface area contributed by atoms with Crippen LogP contribution in [0.1, 0.15) is 27.9 Å². The lowest BCUT2D eigenvalue weighted by molar-refractivity contribution is 0.0519. The first-order valence-electron chi connectivity index (χ1n) is 5.22. The Bertz CT molecular complexity index is 430. The number of hydrogen-bond donors (Lipinski definition) is 1. The molecular formula is C12H14N2O3. The van der Waals surface area contributed by atoms with Crippen LogP contribution in [0.15, 0.2) is 30.9 Å². The molecule has 1 heterocycles. The molecule has 0 saturated heterocycles. The normalized spacial score (nSPS) is 9.47. The second kappa shape index (κ2) is 6.42. The highest BCUT2D eigenvalue weighted by molar-refractivity contribution is 5.94. The predicted molar refractivity (Wildman–Crippen MR) is 62.7 cm³/mol. The minimum Gasteiger partial charge on any atom is -0.461 e. The van der Waals surface area contributed by atoms with E-state index in [2.05, 4.69) is 16.9 Å². The molecule has 0 radical (unpaired) electrons. The predicted octanol–water partition coefficient (Wildman–Crippen LogP) is 1.17. The van der Waals surface area contributed by atoms with Crippen molar-refractivity contribution >= 4 is 11.9 Å². The van der Waals surface area contributed by atoms with Crippen LogP contribution in [0, 0.1) is 0 Å². The van der Waals surface area contributed by atoms with E-state index in [0.29, 0.717) is 6.54 Å². The minimum absolute atomic E-state index is 0.123. The van der Waals surface area contributed by atoms with Crippen LogP contribution >= 0.6 is 0 Å². The fourth-order valence-electron chi connectivity index (χ4n) is 1.14. The highest BCUT2D eigenvalue weighted by Crippen LogP contribution is 2.01. The smallest absolute Gasteiger partial charge is 0.356 e. The second-order valence-electron chi connectivity index (χ2n) is 3.13. The number of nitrogens with zero attached hydrogens (tertiary/aromatic N) is 1. The summed E-state index contributed by atoms with van der Waals surface area (Å²) in [5, 5.41) is 2.58. The monoisotopic (exact) mass is 234 g/mol. The van der Waals surface area contributed by atoms with Gasteiger partial charge in [-0.15, -0.1) is 6.58 Å². The number of carbonyl (C=O) groups is 2. The lowest BCUT2D eigenvalue weighted by Gasteiger charge is -2.04. The van der Waals surface area contributed by atoms with Crippen molar-refractivity contribution in [2.45, 2.75) is 6.92 Å². The summed E-state index contributed by atoms with van der Waals surface area (Å²) in [6.07, 6.45) is 1.56. The summed E-state index contributed by atoms with van der Waals surface area (Å²) < 4.78 is 4.79. The van der Waals surface area contributed by atoms with E-state index in [4.69, 9.17) is 4.74 Å². The second-order valence-corrected chi connectivity index (χ2v) is 3.13. The first kappa shape index (κ1) is 12.9. The summed E-state index contributed by atoms with van der Waals surface area (Å²) in [5.74, 6) is -0.887. The molecule has 0 aromatic carbocycles. The summed E-state index contributed by atoms with van der Waals surface area (Å²) in [6, 6.07) is 4.62. The Kier molecular flexibility index (Phi) is 4.87. The van der Waals surface area contributed by atoms with Gasteiger partial charge in [0.1, 0.15) is 11.4 Å². The molecule has 1 aromatic heterocycles. The van der Waals surface area contributed by atoms with Crippen LogP contribution in [-0.2, 0) is 4.74 Å². The Hall–Kier alpha value is -2.17. The number of amides is 1. The molecule has 90 valence electrons. The van der Waals surface area contributed by atoms with Gasteiger partial charge in [-0.2, -0.15) is 0 Å². The van der Waals surface area contributed by atoms with Gasteiger partial charge >= 0.3 is 5.97 Å². The fourth-order valence-corrected chi connectivity index (χ4v) is 1.14. The highest BCUT2D eigenvalue weighted by Gasteiger charge is 2.12. The maximum atomic E-state index is 11.6. The number of hydrogen-bond acceptors (Lipinski definition) is 4. The fraction of sp³-hybridized carbons (Fsp3) is 0.250. The zero-order valence-corrected chi connectivity index (χ0v) is 9.60. The molecule has 0 aliphatic rings. The van der Waals surface area contributed by atoms with Gasteiger partial charge in [0, 0.05) is 6.54 Å². The Morgan fingerprint density at radius 3 is 2.82 bits per heavy atom. The lowest BCUT2D eigenvalue weighted by atomic mass is 10.3. The molecule has 0 aliphatic carbocycles. The van der Waals surface area contributed by atoms with Crippen LogP contribution in [0.2, 0.25) is 0 Å². The van der Waals surface area contributed by atoms with E-state index in [9.17, 15) is 9.59 Å². The van der Waals surface area contributed by atoms with Crippen LogP contribution in [0.5, 0.6) is 0 Å². The minimum atomic E-state index is -0.536. The van der Waals surface area contributed by atoms with Crippen molar-refractivity contribution in [1.29, 1.82) is 0 Å². The summed E-state index contributed by atoms with van der Waals surface area (Å²) in [6.45, 7) is 5.82. The molecule has 0 spiro atoms. The van der Waals surface area contributed by atoms with Crippen molar-refractivity contribution in [3.8, 4) is 0 Å². The largest absolute Gasteiger partial charge is 0.461 e. The van der Waals surface area contributed by atoms with Crippen LogP contribution in [0.25, 0.3) is 0 Å². The first-order chi connectivity index (χ1) is 8.19. The van der Waals surface area contributed by atoms with Gasteiger partial charge in [0.15, 0.2) is 0 Å². The molecule has 1 N–H and O–H groups in total.